The predicted octanol–water partition coefficient (Wildman–Crippen LogP) is 3.05. The monoisotopic (exact) mass is 508 g/mol. The van der Waals surface area contributed by atoms with Crippen molar-refractivity contribution < 1.29 is 29.0 Å². The Kier molecular flexibility index (Phi) is 5.64. The summed E-state index contributed by atoms with van der Waals surface area (Å²) in [5.41, 5.74) is -1.11. The summed E-state index contributed by atoms with van der Waals surface area (Å²) in [6, 6.07) is 7.54. The van der Waals surface area contributed by atoms with Crippen LogP contribution in [-0.4, -0.2) is 58.5 Å². The smallest absolute Gasteiger partial charge is 0.246 e. The molecule has 4 aliphatic rings. The third kappa shape index (κ3) is 3.48. The van der Waals surface area contributed by atoms with Crippen molar-refractivity contribution in [2.24, 2.45) is 11.8 Å². The summed E-state index contributed by atoms with van der Waals surface area (Å²) in [6.07, 6.45) is 6.94. The fourth-order valence-electron chi connectivity index (χ4n) is 6.38. The Morgan fingerprint density at radius 2 is 2.08 bits per heavy atom. The van der Waals surface area contributed by atoms with Crippen LogP contribution < -0.4 is 10.1 Å². The highest BCUT2D eigenvalue weighted by atomic mass is 32.1. The maximum Gasteiger partial charge on any atom is 0.246 e. The van der Waals surface area contributed by atoms with Gasteiger partial charge in [-0.1, -0.05) is 31.1 Å². The van der Waals surface area contributed by atoms with Crippen LogP contribution in [0.4, 0.5) is 0 Å². The third-order valence-corrected chi connectivity index (χ3v) is 8.86. The quantitative estimate of drug-likeness (QED) is 0.440. The molecule has 2 amide bonds. The molecule has 2 aromatic rings. The number of thiophene rings is 1. The number of phenols is 1. The second-order valence-corrected chi connectivity index (χ2v) is 11.0. The number of aromatic hydroxyl groups is 1. The van der Waals surface area contributed by atoms with E-state index < -0.39 is 29.6 Å². The zero-order chi connectivity index (χ0) is 25.0. The molecule has 5 atom stereocenters. The maximum atomic E-state index is 14.0. The molecule has 3 aliphatic heterocycles. The molecule has 188 valence electrons. The lowest BCUT2D eigenvalue weighted by atomic mass is 9.72. The number of rotatable bonds is 7. The maximum absolute atomic E-state index is 14.0. The molecule has 6 rings (SSSR count). The van der Waals surface area contributed by atoms with Gasteiger partial charge in [0.2, 0.25) is 11.8 Å². The van der Waals surface area contributed by atoms with Gasteiger partial charge in [0.05, 0.1) is 37.2 Å². The van der Waals surface area contributed by atoms with Crippen LogP contribution in [-0.2, 0) is 20.9 Å². The summed E-state index contributed by atoms with van der Waals surface area (Å²) < 4.78 is 11.5. The van der Waals surface area contributed by atoms with Gasteiger partial charge in [-0.2, -0.15) is 0 Å². The highest BCUT2D eigenvalue weighted by Gasteiger charge is 2.72. The second kappa shape index (κ2) is 8.74. The fraction of sp³-hybridized carbons (Fsp3) is 0.444. The second-order valence-electron chi connectivity index (χ2n) is 9.98. The lowest BCUT2D eigenvalue weighted by Gasteiger charge is -2.32. The Bertz CT molecular complexity index is 1240. The van der Waals surface area contributed by atoms with Crippen LogP contribution >= 0.6 is 11.3 Å². The van der Waals surface area contributed by atoms with E-state index in [2.05, 4.69) is 5.32 Å². The van der Waals surface area contributed by atoms with E-state index in [4.69, 9.17) is 9.47 Å². The first-order chi connectivity index (χ1) is 17.4. The fourth-order valence-corrected chi connectivity index (χ4v) is 7.09. The first-order valence-corrected chi connectivity index (χ1v) is 13.2. The minimum Gasteiger partial charge on any atom is -0.507 e. The van der Waals surface area contributed by atoms with Gasteiger partial charge in [0, 0.05) is 17.0 Å². The number of benzene rings is 1. The van der Waals surface area contributed by atoms with Crippen LogP contribution in [0.2, 0.25) is 0 Å². The van der Waals surface area contributed by atoms with Crippen molar-refractivity contribution in [2.45, 2.75) is 56.0 Å². The van der Waals surface area contributed by atoms with E-state index in [1.54, 1.807) is 17.0 Å². The molecule has 4 heterocycles. The van der Waals surface area contributed by atoms with E-state index in [-0.39, 0.29) is 41.5 Å². The number of ether oxygens (including phenoxy) is 2. The van der Waals surface area contributed by atoms with Crippen molar-refractivity contribution in [2.75, 3.05) is 7.11 Å². The van der Waals surface area contributed by atoms with Crippen LogP contribution in [0.25, 0.3) is 0 Å². The van der Waals surface area contributed by atoms with Gasteiger partial charge in [0.1, 0.15) is 23.1 Å². The Balaban J connectivity index is 1.37. The number of phenolic OH excluding ortho intramolecular Hbond substituents is 1. The number of carbonyl (C=O) groups is 3. The topological polar surface area (TPSA) is 105 Å². The Labute approximate surface area is 212 Å². The molecule has 0 radical (unpaired) electrons. The lowest BCUT2D eigenvalue weighted by Crippen LogP contribution is -2.55. The molecule has 0 unspecified atom stereocenters. The zero-order valence-corrected chi connectivity index (χ0v) is 20.7. The summed E-state index contributed by atoms with van der Waals surface area (Å²) >= 11 is 1.52. The summed E-state index contributed by atoms with van der Waals surface area (Å²) in [5, 5.41) is 15.6. The van der Waals surface area contributed by atoms with Crippen molar-refractivity contribution in [3.63, 3.8) is 0 Å². The molecule has 1 spiro atoms. The average Bonchev–Trinajstić information content (AvgIpc) is 3.69. The minimum atomic E-state index is -1.22. The summed E-state index contributed by atoms with van der Waals surface area (Å²) in [4.78, 5) is 44.0. The zero-order valence-electron chi connectivity index (χ0n) is 19.9. The van der Waals surface area contributed by atoms with Crippen molar-refractivity contribution in [3.8, 4) is 11.5 Å². The molecule has 36 heavy (non-hydrogen) atoms. The number of methoxy groups -OCH3 is 1. The van der Waals surface area contributed by atoms with Gasteiger partial charge in [0.15, 0.2) is 5.78 Å². The van der Waals surface area contributed by atoms with Crippen LogP contribution in [0.5, 0.6) is 11.5 Å². The predicted molar refractivity (Wildman–Crippen MR) is 132 cm³/mol. The average molecular weight is 509 g/mol. The molecule has 1 saturated carbocycles. The number of carbonyl (C=O) groups excluding carboxylic acids is 3. The SMILES string of the molecule is COc1ccc(C(=O)[C@H]2[C@H]3C(=O)N(Cc4cccs4)[C@H](C(=O)NC4CCCC4)[C@]34C=C[C@H]2O4)c(O)c1. The molecule has 1 aromatic heterocycles. The minimum absolute atomic E-state index is 0.0860. The highest BCUT2D eigenvalue weighted by Crippen LogP contribution is 2.56. The molecule has 9 heteroatoms. The molecule has 1 aliphatic carbocycles. The van der Waals surface area contributed by atoms with E-state index in [0.29, 0.717) is 5.75 Å². The summed E-state index contributed by atoms with van der Waals surface area (Å²) in [5.74, 6) is -2.35. The normalized spacial score (nSPS) is 30.7. The number of nitrogens with zero attached hydrogens (tertiary/aromatic N) is 1. The number of hydrogen-bond donors (Lipinski definition) is 2. The van der Waals surface area contributed by atoms with Crippen LogP contribution in [0.15, 0.2) is 47.9 Å². The van der Waals surface area contributed by atoms with Gasteiger partial charge in [0.25, 0.3) is 0 Å². The first kappa shape index (κ1) is 23.2. The van der Waals surface area contributed by atoms with Crippen LogP contribution in [0.3, 0.4) is 0 Å². The molecule has 2 N–H and O–H groups in total. The Morgan fingerprint density at radius 1 is 1.28 bits per heavy atom. The number of amides is 2. The third-order valence-electron chi connectivity index (χ3n) is 8.00. The summed E-state index contributed by atoms with van der Waals surface area (Å²) in [7, 11) is 1.48. The van der Waals surface area contributed by atoms with E-state index in [1.165, 1.54) is 30.6 Å². The standard InChI is InChI=1S/C27H28N2O6S/c1-34-16-8-9-18(19(30)13-16)23(31)21-20-10-11-27(35-20)22(21)26(33)29(14-17-7-4-12-36-17)24(27)25(32)28-15-5-2-3-6-15/h4,7-13,15,20-22,24,30H,2-3,5-6,14H2,1H3,(H,28,32)/t20-,21-,22+,24-,27+/m1/s1. The van der Waals surface area contributed by atoms with Gasteiger partial charge < -0.3 is 24.8 Å². The molecule has 2 saturated heterocycles. The van der Waals surface area contributed by atoms with Crippen molar-refractivity contribution in [3.05, 3.63) is 58.3 Å². The molecule has 3 fully saturated rings. The Hall–Kier alpha value is -3.17. The van der Waals surface area contributed by atoms with Crippen LogP contribution in [0, 0.1) is 11.8 Å². The number of likely N-dealkylation sites (tertiary alicyclic amines) is 1. The summed E-state index contributed by atoms with van der Waals surface area (Å²) in [6.45, 7) is 0.272. The van der Waals surface area contributed by atoms with E-state index in [0.717, 1.165) is 30.6 Å². The molecule has 2 bridgehead atoms. The van der Waals surface area contributed by atoms with Gasteiger partial charge >= 0.3 is 0 Å². The molecular weight excluding hydrogens is 480 g/mol. The molecular formula is C27H28N2O6S. The van der Waals surface area contributed by atoms with Gasteiger partial charge in [-0.3, -0.25) is 14.4 Å². The highest BCUT2D eigenvalue weighted by molar-refractivity contribution is 7.09. The Morgan fingerprint density at radius 3 is 2.78 bits per heavy atom. The van der Waals surface area contributed by atoms with Crippen molar-refractivity contribution >= 4 is 28.9 Å². The number of ketones is 1. The van der Waals surface area contributed by atoms with Crippen molar-refractivity contribution in [1.29, 1.82) is 0 Å². The lowest BCUT2D eigenvalue weighted by molar-refractivity contribution is -0.140. The number of fused-ring (bicyclic) bond motifs is 1. The van der Waals surface area contributed by atoms with E-state index in [9.17, 15) is 19.5 Å². The number of hydrogen-bond acceptors (Lipinski definition) is 7. The van der Waals surface area contributed by atoms with Gasteiger partial charge in [-0.05, 0) is 36.4 Å². The van der Waals surface area contributed by atoms with Crippen molar-refractivity contribution in [1.82, 2.24) is 10.2 Å². The molecule has 1 aromatic carbocycles. The number of Topliss-reactive ketones (excluding diaryl/α,β-unsaturated/α-hetero) is 1. The van der Waals surface area contributed by atoms with E-state index in [1.807, 2.05) is 23.6 Å². The first-order valence-electron chi connectivity index (χ1n) is 12.3. The van der Waals surface area contributed by atoms with Gasteiger partial charge in [-0.15, -0.1) is 11.3 Å². The van der Waals surface area contributed by atoms with Crippen LogP contribution in [0.1, 0.15) is 40.9 Å². The van der Waals surface area contributed by atoms with Gasteiger partial charge in [-0.25, -0.2) is 0 Å². The van der Waals surface area contributed by atoms with E-state index >= 15 is 0 Å². The molecule has 8 nitrogen and oxygen atoms in total. The largest absolute Gasteiger partial charge is 0.507 e. The number of nitrogens with one attached hydrogen (secondary N) is 1.